The molecule has 0 bridgehead atoms. The Morgan fingerprint density at radius 3 is 2.94 bits per heavy atom. The summed E-state index contributed by atoms with van der Waals surface area (Å²) in [5.41, 5.74) is 1.53. The molecule has 1 saturated heterocycles. The van der Waals surface area contributed by atoms with Gasteiger partial charge in [0.2, 0.25) is 0 Å². The van der Waals surface area contributed by atoms with E-state index in [9.17, 15) is 4.79 Å². The fourth-order valence-corrected chi connectivity index (χ4v) is 1.92. The van der Waals surface area contributed by atoms with Crippen molar-refractivity contribution in [2.24, 2.45) is 0 Å². The maximum absolute atomic E-state index is 12.0. The number of likely N-dealkylation sites (tertiary alicyclic amines) is 1. The summed E-state index contributed by atoms with van der Waals surface area (Å²) < 4.78 is 0. The van der Waals surface area contributed by atoms with E-state index in [1.807, 2.05) is 18.9 Å². The maximum Gasteiger partial charge on any atom is 0.257 e. The molecule has 1 fully saturated rings. The van der Waals surface area contributed by atoms with Crippen LogP contribution in [-0.4, -0.2) is 47.2 Å². The number of hydrogen-bond acceptors (Lipinski definition) is 3. The number of H-pyrrole nitrogens is 1. The minimum Gasteiger partial charge on any atom is -0.337 e. The predicted octanol–water partition coefficient (Wildman–Crippen LogP) is 0.574. The standard InChI is InChI=1S/C10H16N4O.ClH/c1-7-9(5-12-13-7)10(15)14-4-3-8(6-14)11-2;/h5,8,11H,3-4,6H2,1-2H3,(H,12,13);1H. The van der Waals surface area contributed by atoms with Gasteiger partial charge in [0.15, 0.2) is 0 Å². The molecular formula is C10H17ClN4O. The monoisotopic (exact) mass is 244 g/mol. The minimum absolute atomic E-state index is 0. The van der Waals surface area contributed by atoms with Crippen molar-refractivity contribution in [2.75, 3.05) is 20.1 Å². The Kier molecular flexibility index (Phi) is 4.32. The molecule has 0 saturated carbocycles. The van der Waals surface area contributed by atoms with Gasteiger partial charge in [-0.3, -0.25) is 9.89 Å². The summed E-state index contributed by atoms with van der Waals surface area (Å²) in [7, 11) is 1.93. The van der Waals surface area contributed by atoms with E-state index in [2.05, 4.69) is 15.5 Å². The topological polar surface area (TPSA) is 61.0 Å². The van der Waals surface area contributed by atoms with Crippen LogP contribution in [0.15, 0.2) is 6.20 Å². The van der Waals surface area contributed by atoms with Gasteiger partial charge < -0.3 is 10.2 Å². The number of rotatable bonds is 2. The van der Waals surface area contributed by atoms with Crippen molar-refractivity contribution in [2.45, 2.75) is 19.4 Å². The number of amides is 1. The summed E-state index contributed by atoms with van der Waals surface area (Å²) in [5, 5.41) is 9.84. The molecule has 0 aliphatic carbocycles. The second-order valence-electron chi connectivity index (χ2n) is 3.93. The lowest BCUT2D eigenvalue weighted by molar-refractivity contribution is 0.0789. The van der Waals surface area contributed by atoms with E-state index in [-0.39, 0.29) is 18.3 Å². The van der Waals surface area contributed by atoms with Crippen LogP contribution in [-0.2, 0) is 0 Å². The normalized spacial score (nSPS) is 19.6. The number of nitrogens with zero attached hydrogens (tertiary/aromatic N) is 2. The Balaban J connectivity index is 0.00000128. The molecule has 1 aromatic heterocycles. The van der Waals surface area contributed by atoms with Crippen molar-refractivity contribution in [1.82, 2.24) is 20.4 Å². The zero-order valence-corrected chi connectivity index (χ0v) is 10.3. The lowest BCUT2D eigenvalue weighted by Crippen LogP contribution is -2.33. The van der Waals surface area contributed by atoms with Crippen molar-refractivity contribution in [3.63, 3.8) is 0 Å². The average molecular weight is 245 g/mol. The molecular weight excluding hydrogens is 228 g/mol. The summed E-state index contributed by atoms with van der Waals surface area (Å²) in [6, 6.07) is 0.432. The number of aryl methyl sites for hydroxylation is 1. The highest BCUT2D eigenvalue weighted by Crippen LogP contribution is 2.14. The quantitative estimate of drug-likeness (QED) is 0.800. The molecule has 0 aromatic carbocycles. The first-order chi connectivity index (χ1) is 7.22. The Morgan fingerprint density at radius 2 is 2.44 bits per heavy atom. The van der Waals surface area contributed by atoms with Gasteiger partial charge in [-0.2, -0.15) is 5.10 Å². The Bertz CT molecular complexity index is 365. The molecule has 1 amide bonds. The summed E-state index contributed by atoms with van der Waals surface area (Å²) >= 11 is 0. The van der Waals surface area contributed by atoms with Gasteiger partial charge in [-0.25, -0.2) is 0 Å². The van der Waals surface area contributed by atoms with Crippen LogP contribution in [0.4, 0.5) is 0 Å². The third-order valence-corrected chi connectivity index (χ3v) is 2.94. The van der Waals surface area contributed by atoms with E-state index in [1.165, 1.54) is 0 Å². The minimum atomic E-state index is 0. The Morgan fingerprint density at radius 1 is 1.69 bits per heavy atom. The van der Waals surface area contributed by atoms with Crippen LogP contribution >= 0.6 is 12.4 Å². The number of carbonyl (C=O) groups is 1. The zero-order chi connectivity index (χ0) is 10.8. The molecule has 0 radical (unpaired) electrons. The molecule has 0 spiro atoms. The van der Waals surface area contributed by atoms with Crippen LogP contribution in [0.2, 0.25) is 0 Å². The number of nitrogens with one attached hydrogen (secondary N) is 2. The van der Waals surface area contributed by atoms with E-state index in [1.54, 1.807) is 6.20 Å². The van der Waals surface area contributed by atoms with Crippen molar-refractivity contribution in [1.29, 1.82) is 0 Å². The highest BCUT2D eigenvalue weighted by atomic mass is 35.5. The first-order valence-electron chi connectivity index (χ1n) is 5.19. The molecule has 5 nitrogen and oxygen atoms in total. The van der Waals surface area contributed by atoms with E-state index in [0.29, 0.717) is 11.6 Å². The molecule has 1 aromatic rings. The lowest BCUT2D eigenvalue weighted by atomic mass is 10.2. The molecule has 6 heteroatoms. The number of carbonyl (C=O) groups excluding carboxylic acids is 1. The summed E-state index contributed by atoms with van der Waals surface area (Å²) in [6.45, 7) is 3.49. The SMILES string of the molecule is CNC1CCN(C(=O)c2cn[nH]c2C)C1.Cl. The molecule has 1 aliphatic heterocycles. The van der Waals surface area contributed by atoms with Gasteiger partial charge in [0.1, 0.15) is 0 Å². The van der Waals surface area contributed by atoms with Gasteiger partial charge in [-0.15, -0.1) is 12.4 Å². The number of likely N-dealkylation sites (N-methyl/N-ethyl adjacent to an activating group) is 1. The van der Waals surface area contributed by atoms with E-state index >= 15 is 0 Å². The van der Waals surface area contributed by atoms with Crippen molar-refractivity contribution in [3.05, 3.63) is 17.5 Å². The van der Waals surface area contributed by atoms with E-state index in [0.717, 1.165) is 25.2 Å². The van der Waals surface area contributed by atoms with Crippen molar-refractivity contribution < 1.29 is 4.79 Å². The molecule has 16 heavy (non-hydrogen) atoms. The third-order valence-electron chi connectivity index (χ3n) is 2.94. The van der Waals surface area contributed by atoms with Crippen molar-refractivity contribution in [3.8, 4) is 0 Å². The number of halogens is 1. The molecule has 2 rings (SSSR count). The van der Waals surface area contributed by atoms with Crippen LogP contribution in [0.3, 0.4) is 0 Å². The summed E-state index contributed by atoms with van der Waals surface area (Å²) in [5.74, 6) is 0.0824. The first-order valence-corrected chi connectivity index (χ1v) is 5.19. The second kappa shape index (κ2) is 5.32. The largest absolute Gasteiger partial charge is 0.337 e. The summed E-state index contributed by atoms with van der Waals surface area (Å²) in [6.07, 6.45) is 2.63. The fourth-order valence-electron chi connectivity index (χ4n) is 1.92. The van der Waals surface area contributed by atoms with Crippen LogP contribution in [0, 0.1) is 6.92 Å². The van der Waals surface area contributed by atoms with Gasteiger partial charge in [-0.05, 0) is 20.4 Å². The van der Waals surface area contributed by atoms with E-state index < -0.39 is 0 Å². The number of aromatic amines is 1. The van der Waals surface area contributed by atoms with Crippen LogP contribution in [0.5, 0.6) is 0 Å². The molecule has 1 aliphatic rings. The predicted molar refractivity (Wildman–Crippen MR) is 63.9 cm³/mol. The highest BCUT2D eigenvalue weighted by molar-refractivity contribution is 5.95. The first kappa shape index (κ1) is 13.0. The number of hydrogen-bond donors (Lipinski definition) is 2. The molecule has 1 unspecified atom stereocenters. The maximum atomic E-state index is 12.0. The molecule has 2 heterocycles. The molecule has 2 N–H and O–H groups in total. The van der Waals surface area contributed by atoms with Gasteiger partial charge in [0, 0.05) is 24.8 Å². The highest BCUT2D eigenvalue weighted by Gasteiger charge is 2.27. The smallest absolute Gasteiger partial charge is 0.257 e. The molecule has 1 atom stereocenters. The lowest BCUT2D eigenvalue weighted by Gasteiger charge is -2.15. The second-order valence-corrected chi connectivity index (χ2v) is 3.93. The van der Waals surface area contributed by atoms with Gasteiger partial charge in [-0.1, -0.05) is 0 Å². The summed E-state index contributed by atoms with van der Waals surface area (Å²) in [4.78, 5) is 13.9. The Labute approximate surface area is 101 Å². The number of aromatic nitrogens is 2. The molecule has 90 valence electrons. The van der Waals surface area contributed by atoms with Crippen LogP contribution < -0.4 is 5.32 Å². The zero-order valence-electron chi connectivity index (χ0n) is 9.49. The van der Waals surface area contributed by atoms with Gasteiger partial charge in [0.05, 0.1) is 11.8 Å². The van der Waals surface area contributed by atoms with Crippen LogP contribution in [0.25, 0.3) is 0 Å². The Hall–Kier alpha value is -1.07. The van der Waals surface area contributed by atoms with Crippen LogP contribution in [0.1, 0.15) is 22.5 Å². The average Bonchev–Trinajstić information content (AvgIpc) is 2.84. The van der Waals surface area contributed by atoms with Gasteiger partial charge in [0.25, 0.3) is 5.91 Å². The fraction of sp³-hybridized carbons (Fsp3) is 0.600. The van der Waals surface area contributed by atoms with Gasteiger partial charge >= 0.3 is 0 Å². The third kappa shape index (κ3) is 2.36. The van der Waals surface area contributed by atoms with Crippen molar-refractivity contribution >= 4 is 18.3 Å². The van der Waals surface area contributed by atoms with E-state index in [4.69, 9.17) is 0 Å².